The number of carbonyl (C=O) groups is 4. The lowest BCUT2D eigenvalue weighted by molar-refractivity contribution is -0.146. The lowest BCUT2D eigenvalue weighted by atomic mass is 10.1. The number of ketones is 1. The highest BCUT2D eigenvalue weighted by molar-refractivity contribution is 5.90. The molecule has 2 N–H and O–H groups in total. The molecule has 3 amide bonds. The molecule has 0 saturated heterocycles. The molecule has 0 bridgehead atoms. The van der Waals surface area contributed by atoms with Crippen LogP contribution < -0.4 is 5.73 Å². The predicted molar refractivity (Wildman–Crippen MR) is 149 cm³/mol. The Labute approximate surface area is 226 Å². The fraction of sp³-hybridized carbons (Fsp3) is 0.467. The number of hydrogen-bond acceptors (Lipinski definition) is 5. The summed E-state index contributed by atoms with van der Waals surface area (Å²) in [6.45, 7) is 7.43. The van der Waals surface area contributed by atoms with Crippen molar-refractivity contribution in [2.24, 2.45) is 5.73 Å². The van der Waals surface area contributed by atoms with Crippen LogP contribution in [0.2, 0.25) is 0 Å². The fourth-order valence-electron chi connectivity index (χ4n) is 4.39. The second kappa shape index (κ2) is 15.7. The number of unbranched alkanes of at least 4 members (excludes halogenated alkanes) is 1. The van der Waals surface area contributed by atoms with Crippen LogP contribution in [0.4, 0.5) is 0 Å². The number of nitrogens with two attached hydrogens (primary N) is 1. The molecule has 0 aliphatic heterocycles. The Morgan fingerprint density at radius 3 is 1.66 bits per heavy atom. The Morgan fingerprint density at radius 1 is 0.711 bits per heavy atom. The summed E-state index contributed by atoms with van der Waals surface area (Å²) in [5.41, 5.74) is 7.50. The molecule has 2 rings (SSSR count). The summed E-state index contributed by atoms with van der Waals surface area (Å²) < 4.78 is 0. The van der Waals surface area contributed by atoms with Gasteiger partial charge in [-0.05, 0) is 51.3 Å². The van der Waals surface area contributed by atoms with E-state index in [1.165, 1.54) is 16.7 Å². The molecule has 0 fully saturated rings. The molecule has 2 atom stereocenters. The Bertz CT molecular complexity index is 1040. The van der Waals surface area contributed by atoms with Gasteiger partial charge in [-0.15, -0.1) is 0 Å². The summed E-state index contributed by atoms with van der Waals surface area (Å²) in [6, 6.07) is 18.4. The molecule has 206 valence electrons. The average molecular weight is 523 g/mol. The third-order valence-electron chi connectivity index (χ3n) is 6.70. The molecule has 8 heteroatoms. The monoisotopic (exact) mass is 522 g/mol. The summed E-state index contributed by atoms with van der Waals surface area (Å²) in [7, 11) is 0. The van der Waals surface area contributed by atoms with Gasteiger partial charge in [-0.25, -0.2) is 0 Å². The van der Waals surface area contributed by atoms with Crippen LogP contribution in [0.3, 0.4) is 0 Å². The summed E-state index contributed by atoms with van der Waals surface area (Å²) in [5, 5.41) is 0. The van der Waals surface area contributed by atoms with Gasteiger partial charge in [-0.3, -0.25) is 19.2 Å². The average Bonchev–Trinajstić information content (AvgIpc) is 2.93. The SMILES string of the molecule is CCC(=O)N(CC(=O)N(CCCCN)CC(=O)N(CC(C)=O)[C@@H](C)c1ccccc1)[C@@H](C)c1ccccc1. The smallest absolute Gasteiger partial charge is 0.243 e. The van der Waals surface area contributed by atoms with E-state index in [-0.39, 0.29) is 61.6 Å². The van der Waals surface area contributed by atoms with Crippen molar-refractivity contribution < 1.29 is 19.2 Å². The number of hydrogen-bond donors (Lipinski definition) is 1. The van der Waals surface area contributed by atoms with Gasteiger partial charge in [-0.1, -0.05) is 67.6 Å². The number of benzene rings is 2. The van der Waals surface area contributed by atoms with Crippen LogP contribution in [0, 0.1) is 0 Å². The molecule has 2 aromatic rings. The number of carbonyl (C=O) groups excluding carboxylic acids is 4. The van der Waals surface area contributed by atoms with Gasteiger partial charge >= 0.3 is 0 Å². The van der Waals surface area contributed by atoms with Crippen LogP contribution in [0.1, 0.15) is 70.2 Å². The number of Topliss-reactive ketones (excluding diaryl/α,β-unsaturated/α-hetero) is 1. The Morgan fingerprint density at radius 2 is 1.21 bits per heavy atom. The fourth-order valence-corrected chi connectivity index (χ4v) is 4.39. The summed E-state index contributed by atoms with van der Waals surface area (Å²) in [5.74, 6) is -0.908. The lowest BCUT2D eigenvalue weighted by Gasteiger charge is -2.34. The quantitative estimate of drug-likeness (QED) is 0.359. The van der Waals surface area contributed by atoms with Gasteiger partial charge in [0.2, 0.25) is 17.7 Å². The van der Waals surface area contributed by atoms with E-state index in [9.17, 15) is 19.2 Å². The standard InChI is InChI=1S/C30H42N4O4/c1-5-28(36)34(25(4)27-16-10-7-11-17-27)22-29(37)32(19-13-12-18-31)21-30(38)33(20-23(2)35)24(3)26-14-8-6-9-15-26/h6-11,14-17,24-25H,5,12-13,18-22,31H2,1-4H3/t24-,25-/m0/s1. The first-order valence-electron chi connectivity index (χ1n) is 13.4. The summed E-state index contributed by atoms with van der Waals surface area (Å²) >= 11 is 0. The molecular formula is C30H42N4O4. The van der Waals surface area contributed by atoms with Crippen molar-refractivity contribution in [2.45, 2.75) is 59.0 Å². The molecule has 0 heterocycles. The molecule has 0 radical (unpaired) electrons. The zero-order chi connectivity index (χ0) is 28.1. The largest absolute Gasteiger partial charge is 0.332 e. The molecule has 38 heavy (non-hydrogen) atoms. The zero-order valence-corrected chi connectivity index (χ0v) is 23.1. The van der Waals surface area contributed by atoms with Gasteiger partial charge < -0.3 is 20.4 Å². The van der Waals surface area contributed by atoms with Gasteiger partial charge in [0.05, 0.1) is 25.2 Å². The molecule has 8 nitrogen and oxygen atoms in total. The van der Waals surface area contributed by atoms with Crippen molar-refractivity contribution in [1.29, 1.82) is 0 Å². The van der Waals surface area contributed by atoms with Crippen LogP contribution >= 0.6 is 0 Å². The van der Waals surface area contributed by atoms with Gasteiger partial charge in [0, 0.05) is 13.0 Å². The third kappa shape index (κ3) is 9.10. The molecule has 0 saturated carbocycles. The normalized spacial score (nSPS) is 12.3. The zero-order valence-electron chi connectivity index (χ0n) is 23.1. The molecule has 0 aromatic heterocycles. The van der Waals surface area contributed by atoms with Crippen molar-refractivity contribution in [3.8, 4) is 0 Å². The van der Waals surface area contributed by atoms with Crippen molar-refractivity contribution in [3.05, 3.63) is 71.8 Å². The number of nitrogens with zero attached hydrogens (tertiary/aromatic N) is 3. The molecule has 2 aromatic carbocycles. The predicted octanol–water partition coefficient (Wildman–Crippen LogP) is 3.73. The summed E-state index contributed by atoms with van der Waals surface area (Å²) in [4.78, 5) is 56.6. The molecule has 0 unspecified atom stereocenters. The van der Waals surface area contributed by atoms with Crippen LogP contribution in [0.5, 0.6) is 0 Å². The second-order valence-corrected chi connectivity index (χ2v) is 9.58. The summed E-state index contributed by atoms with van der Waals surface area (Å²) in [6.07, 6.45) is 1.59. The first-order chi connectivity index (χ1) is 18.2. The van der Waals surface area contributed by atoms with Gasteiger partial charge in [0.1, 0.15) is 12.3 Å². The Balaban J connectivity index is 2.27. The number of rotatable bonds is 15. The van der Waals surface area contributed by atoms with Crippen molar-refractivity contribution in [2.75, 3.05) is 32.7 Å². The van der Waals surface area contributed by atoms with Crippen LogP contribution in [-0.2, 0) is 19.2 Å². The lowest BCUT2D eigenvalue weighted by Crippen LogP contribution is -2.49. The highest BCUT2D eigenvalue weighted by Crippen LogP contribution is 2.22. The van der Waals surface area contributed by atoms with Crippen LogP contribution in [0.25, 0.3) is 0 Å². The maximum atomic E-state index is 13.6. The van der Waals surface area contributed by atoms with E-state index < -0.39 is 0 Å². The van der Waals surface area contributed by atoms with Gasteiger partial charge in [0.25, 0.3) is 0 Å². The minimum Gasteiger partial charge on any atom is -0.332 e. The Hall–Kier alpha value is -3.52. The van der Waals surface area contributed by atoms with Gasteiger partial charge in [-0.2, -0.15) is 0 Å². The van der Waals surface area contributed by atoms with E-state index in [0.717, 1.165) is 11.1 Å². The maximum Gasteiger partial charge on any atom is 0.243 e. The van der Waals surface area contributed by atoms with Crippen molar-refractivity contribution in [1.82, 2.24) is 14.7 Å². The molecule has 0 aliphatic carbocycles. The second-order valence-electron chi connectivity index (χ2n) is 9.58. The highest BCUT2D eigenvalue weighted by Gasteiger charge is 2.29. The first kappa shape index (κ1) is 30.7. The van der Waals surface area contributed by atoms with Crippen LogP contribution in [0.15, 0.2) is 60.7 Å². The Kier molecular flexibility index (Phi) is 12.7. The van der Waals surface area contributed by atoms with E-state index in [1.54, 1.807) is 11.8 Å². The van der Waals surface area contributed by atoms with E-state index in [4.69, 9.17) is 5.73 Å². The van der Waals surface area contributed by atoms with Gasteiger partial charge in [0.15, 0.2) is 0 Å². The minimum absolute atomic E-state index is 0.0504. The third-order valence-corrected chi connectivity index (χ3v) is 6.70. The van der Waals surface area contributed by atoms with E-state index in [0.29, 0.717) is 25.9 Å². The van der Waals surface area contributed by atoms with E-state index in [1.807, 2.05) is 74.5 Å². The minimum atomic E-state index is -0.343. The topological polar surface area (TPSA) is 104 Å². The highest BCUT2D eigenvalue weighted by atomic mass is 16.2. The maximum absolute atomic E-state index is 13.6. The van der Waals surface area contributed by atoms with Crippen molar-refractivity contribution in [3.63, 3.8) is 0 Å². The van der Waals surface area contributed by atoms with E-state index in [2.05, 4.69) is 0 Å². The molecule has 0 aliphatic rings. The molecule has 0 spiro atoms. The van der Waals surface area contributed by atoms with E-state index >= 15 is 0 Å². The van der Waals surface area contributed by atoms with Crippen molar-refractivity contribution >= 4 is 23.5 Å². The first-order valence-corrected chi connectivity index (χ1v) is 13.4. The number of amides is 3. The van der Waals surface area contributed by atoms with Crippen LogP contribution in [-0.4, -0.2) is 70.9 Å². The molecular weight excluding hydrogens is 480 g/mol.